The second kappa shape index (κ2) is 11.3. The number of halogens is 1. The molecule has 1 aliphatic carbocycles. The van der Waals surface area contributed by atoms with E-state index in [0.29, 0.717) is 33.0 Å². The van der Waals surface area contributed by atoms with Crippen LogP contribution >= 0.6 is 11.3 Å². The molecule has 0 unspecified atom stereocenters. The molecular formula is C27H24FN5O4S. The summed E-state index contributed by atoms with van der Waals surface area (Å²) < 4.78 is 20.8. The van der Waals surface area contributed by atoms with Gasteiger partial charge in [-0.1, -0.05) is 18.2 Å². The molecule has 0 aliphatic heterocycles. The van der Waals surface area contributed by atoms with Crippen LogP contribution < -0.4 is 16.0 Å². The zero-order valence-electron chi connectivity index (χ0n) is 20.2. The summed E-state index contributed by atoms with van der Waals surface area (Å²) in [7, 11) is 0. The first-order valence-corrected chi connectivity index (χ1v) is 12.8. The van der Waals surface area contributed by atoms with Crippen LogP contribution in [-0.2, 0) is 27.4 Å². The molecule has 3 amide bonds. The van der Waals surface area contributed by atoms with E-state index in [1.54, 1.807) is 54.7 Å². The number of amides is 3. The van der Waals surface area contributed by atoms with Crippen LogP contribution in [0.1, 0.15) is 23.5 Å². The number of carbonyl (C=O) groups excluding carboxylic acids is 3. The van der Waals surface area contributed by atoms with Gasteiger partial charge < -0.3 is 15.4 Å². The molecule has 0 spiro atoms. The van der Waals surface area contributed by atoms with Gasteiger partial charge in [0.2, 0.25) is 11.8 Å². The Morgan fingerprint density at radius 1 is 1.05 bits per heavy atom. The van der Waals surface area contributed by atoms with E-state index in [1.165, 1.54) is 17.4 Å². The van der Waals surface area contributed by atoms with Gasteiger partial charge in [-0.25, -0.2) is 14.2 Å². The van der Waals surface area contributed by atoms with Crippen LogP contribution in [0.4, 0.5) is 14.9 Å². The number of pyridine rings is 1. The number of aromatic nitrogens is 2. The van der Waals surface area contributed by atoms with Crippen molar-refractivity contribution in [2.45, 2.75) is 31.9 Å². The van der Waals surface area contributed by atoms with Crippen molar-refractivity contribution in [2.75, 3.05) is 11.9 Å². The third kappa shape index (κ3) is 6.68. The molecule has 3 N–H and O–H groups in total. The minimum atomic E-state index is -0.624. The van der Waals surface area contributed by atoms with Crippen molar-refractivity contribution in [1.82, 2.24) is 20.6 Å². The maximum absolute atomic E-state index is 14.9. The fourth-order valence-corrected chi connectivity index (χ4v) is 4.68. The molecule has 194 valence electrons. The second-order valence-electron chi connectivity index (χ2n) is 8.80. The average Bonchev–Trinajstić information content (AvgIpc) is 3.64. The Kier molecular flexibility index (Phi) is 7.55. The molecule has 4 aromatic rings. The maximum atomic E-state index is 14.9. The van der Waals surface area contributed by atoms with Crippen molar-refractivity contribution in [3.05, 3.63) is 77.3 Å². The van der Waals surface area contributed by atoms with Crippen LogP contribution in [0.25, 0.3) is 21.3 Å². The summed E-state index contributed by atoms with van der Waals surface area (Å²) in [4.78, 5) is 44.5. The molecule has 38 heavy (non-hydrogen) atoms. The summed E-state index contributed by atoms with van der Waals surface area (Å²) in [5.41, 5.74) is 2.58. The highest BCUT2D eigenvalue weighted by molar-refractivity contribution is 7.18. The summed E-state index contributed by atoms with van der Waals surface area (Å²) >= 11 is 1.30. The fraction of sp³-hybridized carbons (Fsp3) is 0.222. The van der Waals surface area contributed by atoms with Crippen LogP contribution in [0, 0.1) is 5.82 Å². The van der Waals surface area contributed by atoms with E-state index in [9.17, 15) is 18.8 Å². The van der Waals surface area contributed by atoms with Crippen LogP contribution in [-0.4, -0.2) is 40.5 Å². The van der Waals surface area contributed by atoms with Gasteiger partial charge in [0.25, 0.3) is 0 Å². The quantitative estimate of drug-likeness (QED) is 0.297. The predicted molar refractivity (Wildman–Crippen MR) is 141 cm³/mol. The SMILES string of the molecule is O=C(Cc1nc2cc(F)c(-c3ccc(NC(=O)OCc4ccccn4)cc3)cc2s1)NCC(=O)NC1CC1. The molecule has 1 saturated carbocycles. The predicted octanol–water partition coefficient (Wildman–Crippen LogP) is 4.18. The highest BCUT2D eigenvalue weighted by atomic mass is 32.1. The Labute approximate surface area is 221 Å². The lowest BCUT2D eigenvalue weighted by atomic mass is 10.0. The Bertz CT molecular complexity index is 1470. The monoisotopic (exact) mass is 533 g/mol. The smallest absolute Gasteiger partial charge is 0.412 e. The maximum Gasteiger partial charge on any atom is 0.412 e. The van der Waals surface area contributed by atoms with E-state index < -0.39 is 11.9 Å². The van der Waals surface area contributed by atoms with Crippen molar-refractivity contribution in [1.29, 1.82) is 0 Å². The third-order valence-corrected chi connectivity index (χ3v) is 6.76. The number of hydrogen-bond acceptors (Lipinski definition) is 7. The van der Waals surface area contributed by atoms with E-state index in [0.717, 1.165) is 17.5 Å². The number of benzene rings is 2. The first-order valence-electron chi connectivity index (χ1n) is 12.0. The van der Waals surface area contributed by atoms with Gasteiger partial charge >= 0.3 is 6.09 Å². The number of rotatable bonds is 9. The molecule has 11 heteroatoms. The number of thiazole rings is 1. The Hall–Kier alpha value is -4.38. The summed E-state index contributed by atoms with van der Waals surface area (Å²) in [5.74, 6) is -0.983. The molecular weight excluding hydrogens is 509 g/mol. The fourth-order valence-electron chi connectivity index (χ4n) is 3.69. The number of ether oxygens (including phenoxy) is 1. The first kappa shape index (κ1) is 25.3. The number of nitrogens with one attached hydrogen (secondary N) is 3. The van der Waals surface area contributed by atoms with Crippen molar-refractivity contribution < 1.29 is 23.5 Å². The van der Waals surface area contributed by atoms with Gasteiger partial charge in [-0.2, -0.15) is 0 Å². The van der Waals surface area contributed by atoms with E-state index in [4.69, 9.17) is 4.74 Å². The summed E-state index contributed by atoms with van der Waals surface area (Å²) in [6.45, 7) is -0.0317. The van der Waals surface area contributed by atoms with E-state index >= 15 is 0 Å². The van der Waals surface area contributed by atoms with E-state index in [1.807, 2.05) is 0 Å². The molecule has 2 aromatic carbocycles. The molecule has 5 rings (SSSR count). The molecule has 1 aliphatic rings. The molecule has 1 fully saturated rings. The second-order valence-corrected chi connectivity index (χ2v) is 9.92. The zero-order chi connectivity index (χ0) is 26.5. The highest BCUT2D eigenvalue weighted by Gasteiger charge is 2.23. The van der Waals surface area contributed by atoms with E-state index in [2.05, 4.69) is 25.9 Å². The van der Waals surface area contributed by atoms with Crippen molar-refractivity contribution >= 4 is 45.1 Å². The number of fused-ring (bicyclic) bond motifs is 1. The van der Waals surface area contributed by atoms with Crippen LogP contribution in [0.5, 0.6) is 0 Å². The highest BCUT2D eigenvalue weighted by Crippen LogP contribution is 2.31. The largest absolute Gasteiger partial charge is 0.443 e. The van der Waals surface area contributed by atoms with Gasteiger partial charge in [-0.3, -0.25) is 19.9 Å². The van der Waals surface area contributed by atoms with Crippen molar-refractivity contribution in [2.24, 2.45) is 0 Å². The third-order valence-electron chi connectivity index (χ3n) is 5.74. The number of carbonyl (C=O) groups is 3. The Balaban J connectivity index is 1.19. The van der Waals surface area contributed by atoms with Gasteiger partial charge in [0.15, 0.2) is 0 Å². The lowest BCUT2D eigenvalue weighted by molar-refractivity contribution is -0.125. The standard InChI is InChI=1S/C27H24FN5O4S/c28-21-12-22-23(38-26(33-22)13-24(34)30-14-25(35)31-17-8-9-17)11-20(21)16-4-6-18(7-5-16)32-27(36)37-15-19-3-1-2-10-29-19/h1-7,10-12,17H,8-9,13-15H2,(H,30,34)(H,31,35)(H,32,36). The summed E-state index contributed by atoms with van der Waals surface area (Å²) in [6, 6.07) is 15.3. The molecule has 0 saturated heterocycles. The molecule has 0 radical (unpaired) electrons. The summed E-state index contributed by atoms with van der Waals surface area (Å²) in [5, 5.41) is 8.56. The minimum absolute atomic E-state index is 0.00378. The van der Waals surface area contributed by atoms with Gasteiger partial charge in [-0.15, -0.1) is 11.3 Å². The lowest BCUT2D eigenvalue weighted by Gasteiger charge is -2.08. The minimum Gasteiger partial charge on any atom is -0.443 e. The number of hydrogen-bond donors (Lipinski definition) is 3. The molecule has 2 aromatic heterocycles. The van der Waals surface area contributed by atoms with Crippen LogP contribution in [0.2, 0.25) is 0 Å². The number of nitrogens with zero attached hydrogens (tertiary/aromatic N) is 2. The average molecular weight is 534 g/mol. The molecule has 2 heterocycles. The van der Waals surface area contributed by atoms with Crippen LogP contribution in [0.15, 0.2) is 60.8 Å². The van der Waals surface area contributed by atoms with Crippen molar-refractivity contribution in [3.63, 3.8) is 0 Å². The van der Waals surface area contributed by atoms with Gasteiger partial charge in [-0.05, 0) is 48.7 Å². The summed E-state index contributed by atoms with van der Waals surface area (Å²) in [6.07, 6.45) is 2.96. The topological polar surface area (TPSA) is 122 Å². The van der Waals surface area contributed by atoms with Gasteiger partial charge in [0.05, 0.1) is 28.9 Å². The van der Waals surface area contributed by atoms with Crippen molar-refractivity contribution in [3.8, 4) is 11.1 Å². The number of anilines is 1. The Morgan fingerprint density at radius 3 is 2.61 bits per heavy atom. The molecule has 0 bridgehead atoms. The normalized spacial score (nSPS) is 12.7. The zero-order valence-corrected chi connectivity index (χ0v) is 21.0. The Morgan fingerprint density at radius 2 is 1.87 bits per heavy atom. The van der Waals surface area contributed by atoms with Gasteiger partial charge in [0.1, 0.15) is 17.4 Å². The lowest BCUT2D eigenvalue weighted by Crippen LogP contribution is -2.38. The molecule has 9 nitrogen and oxygen atoms in total. The molecule has 0 atom stereocenters. The first-order chi connectivity index (χ1) is 18.4. The van der Waals surface area contributed by atoms with Crippen LogP contribution in [0.3, 0.4) is 0 Å². The van der Waals surface area contributed by atoms with E-state index in [-0.39, 0.29) is 37.4 Å². The van der Waals surface area contributed by atoms with Gasteiger partial charge in [0, 0.05) is 29.6 Å².